The molecule has 0 amide bonds. The summed E-state index contributed by atoms with van der Waals surface area (Å²) in [5.74, 6) is 1.94. The van der Waals surface area contributed by atoms with Crippen LogP contribution in [-0.2, 0) is 6.42 Å². The van der Waals surface area contributed by atoms with Crippen molar-refractivity contribution in [2.75, 3.05) is 7.11 Å². The van der Waals surface area contributed by atoms with E-state index in [1.165, 1.54) is 15.6 Å². The number of ether oxygens (including phenoxy) is 1. The summed E-state index contributed by atoms with van der Waals surface area (Å²) in [4.78, 5) is 0. The van der Waals surface area contributed by atoms with Crippen LogP contribution in [0.25, 0.3) is 10.0 Å². The molecular weight excluding hydrogens is 315 g/mol. The molecule has 3 aromatic rings. The molecule has 3 heteroatoms. The van der Waals surface area contributed by atoms with E-state index >= 15 is 0 Å². The van der Waals surface area contributed by atoms with Crippen molar-refractivity contribution in [3.63, 3.8) is 0 Å². The third-order valence-electron chi connectivity index (χ3n) is 3.13. The molecule has 1 aromatic heterocycles. The van der Waals surface area contributed by atoms with Crippen LogP contribution in [-0.4, -0.2) is 22.0 Å². The maximum absolute atomic E-state index is 5.84. The number of benzene rings is 2. The summed E-state index contributed by atoms with van der Waals surface area (Å²) in [5.41, 5.74) is 2.50. The average Bonchev–Trinajstić information content (AvgIpc) is 2.97. The van der Waals surface area contributed by atoms with Crippen LogP contribution < -0.4 is 4.74 Å². The van der Waals surface area contributed by atoms with E-state index in [0.29, 0.717) is 0 Å². The van der Waals surface area contributed by atoms with Crippen LogP contribution >= 0.6 is 0 Å². The van der Waals surface area contributed by atoms with Gasteiger partial charge in [-0.3, -0.25) is 0 Å². The molecule has 2 aromatic carbocycles. The Hall–Kier alpha value is -1.83. The monoisotopic (exact) mass is 331 g/mol. The van der Waals surface area contributed by atoms with Crippen molar-refractivity contribution in [2.45, 2.75) is 6.42 Å². The second kappa shape index (κ2) is 6.08. The summed E-state index contributed by atoms with van der Waals surface area (Å²) in [5, 5.41) is 0. The van der Waals surface area contributed by atoms with Gasteiger partial charge in [-0.25, -0.2) is 0 Å². The Labute approximate surface area is 124 Å². The van der Waals surface area contributed by atoms with Crippen LogP contribution in [0, 0.1) is 0 Å². The fourth-order valence-electron chi connectivity index (χ4n) is 2.05. The van der Waals surface area contributed by atoms with Gasteiger partial charge in [-0.1, -0.05) is 0 Å². The molecule has 100 valence electrons. The van der Waals surface area contributed by atoms with Gasteiger partial charge in [-0.05, 0) is 0 Å². The molecule has 0 spiro atoms. The third kappa shape index (κ3) is 3.01. The summed E-state index contributed by atoms with van der Waals surface area (Å²) in [6, 6.07) is 20.7. The van der Waals surface area contributed by atoms with Crippen molar-refractivity contribution in [1.82, 2.24) is 0 Å². The predicted octanol–water partition coefficient (Wildman–Crippen LogP) is 3.88. The molecule has 3 rings (SSSR count). The summed E-state index contributed by atoms with van der Waals surface area (Å²) in [6.07, 6.45) is 0.835. The molecule has 0 fully saturated rings. The van der Waals surface area contributed by atoms with Gasteiger partial charge < -0.3 is 0 Å². The average molecular weight is 330 g/mol. The summed E-state index contributed by atoms with van der Waals surface area (Å²) >= 11 is 0.0865. The molecule has 20 heavy (non-hydrogen) atoms. The summed E-state index contributed by atoms with van der Waals surface area (Å²) in [7, 11) is 1.68. The van der Waals surface area contributed by atoms with Gasteiger partial charge in [-0.2, -0.15) is 0 Å². The van der Waals surface area contributed by atoms with Crippen LogP contribution in [0.2, 0.25) is 0 Å². The predicted molar refractivity (Wildman–Crippen MR) is 81.3 cm³/mol. The summed E-state index contributed by atoms with van der Waals surface area (Å²) in [6.45, 7) is 0. The first-order valence-corrected chi connectivity index (χ1v) is 8.01. The SMILES string of the molecule is COc1ccc(Cc2cc(-c3ccccc3)[se][o+]2)cc1. The Bertz CT molecular complexity index is 672. The molecule has 1 heterocycles. The van der Waals surface area contributed by atoms with E-state index < -0.39 is 0 Å². The number of hydrogen-bond donors (Lipinski definition) is 0. The van der Waals surface area contributed by atoms with Gasteiger partial charge >= 0.3 is 124 Å². The zero-order valence-corrected chi connectivity index (χ0v) is 12.9. The maximum atomic E-state index is 5.84. The number of rotatable bonds is 4. The molecule has 0 saturated heterocycles. The molecule has 0 atom stereocenters. The number of methoxy groups -OCH3 is 1. The normalized spacial score (nSPS) is 10.4. The van der Waals surface area contributed by atoms with Gasteiger partial charge in [0.25, 0.3) is 0 Å². The Morgan fingerprint density at radius 3 is 2.45 bits per heavy atom. The quantitative estimate of drug-likeness (QED) is 0.534. The Morgan fingerprint density at radius 2 is 1.75 bits per heavy atom. The second-order valence-electron chi connectivity index (χ2n) is 4.53. The van der Waals surface area contributed by atoms with E-state index in [2.05, 4.69) is 42.5 Å². The van der Waals surface area contributed by atoms with Gasteiger partial charge in [-0.15, -0.1) is 0 Å². The van der Waals surface area contributed by atoms with Crippen molar-refractivity contribution in [2.24, 2.45) is 0 Å². The standard InChI is InChI=1S/C17H15O2Se/c1-18-15-9-7-13(8-10-15)11-16-12-17(20-19-16)14-5-3-2-4-6-14/h2-10,12H,11H2,1H3/q+1. The number of hydrogen-bond acceptors (Lipinski definition) is 1. The fourth-order valence-corrected chi connectivity index (χ4v) is 3.55. The first-order chi connectivity index (χ1) is 9.85. The van der Waals surface area contributed by atoms with Crippen molar-refractivity contribution < 1.29 is 8.22 Å². The molecule has 0 saturated carbocycles. The molecule has 0 radical (unpaired) electrons. The molecule has 0 bridgehead atoms. The molecule has 0 N–H and O–H groups in total. The molecule has 0 aliphatic rings. The van der Waals surface area contributed by atoms with Gasteiger partial charge in [0.15, 0.2) is 0 Å². The van der Waals surface area contributed by atoms with E-state index in [0.717, 1.165) is 17.9 Å². The minimum atomic E-state index is 0.0865. The van der Waals surface area contributed by atoms with Gasteiger partial charge in [0, 0.05) is 0 Å². The van der Waals surface area contributed by atoms with E-state index in [1.807, 2.05) is 18.2 Å². The van der Waals surface area contributed by atoms with E-state index in [-0.39, 0.29) is 14.9 Å². The van der Waals surface area contributed by atoms with E-state index in [4.69, 9.17) is 8.22 Å². The van der Waals surface area contributed by atoms with Crippen LogP contribution in [0.3, 0.4) is 0 Å². The molecule has 2 nitrogen and oxygen atoms in total. The first kappa shape index (κ1) is 13.2. The topological polar surface area (TPSA) is 20.5 Å². The Kier molecular flexibility index (Phi) is 4.00. The zero-order chi connectivity index (χ0) is 13.8. The second-order valence-corrected chi connectivity index (χ2v) is 6.15. The van der Waals surface area contributed by atoms with Crippen molar-refractivity contribution in [3.05, 3.63) is 72.0 Å². The molecule has 0 unspecified atom stereocenters. The first-order valence-electron chi connectivity index (χ1n) is 6.45. The van der Waals surface area contributed by atoms with Crippen LogP contribution in [0.4, 0.5) is 0 Å². The third-order valence-corrected chi connectivity index (χ3v) is 4.87. The van der Waals surface area contributed by atoms with E-state index in [1.54, 1.807) is 7.11 Å². The Morgan fingerprint density at radius 1 is 1.00 bits per heavy atom. The van der Waals surface area contributed by atoms with Crippen molar-refractivity contribution in [3.8, 4) is 15.8 Å². The van der Waals surface area contributed by atoms with Crippen LogP contribution in [0.5, 0.6) is 5.75 Å². The molecular formula is C17H15O2Se+. The van der Waals surface area contributed by atoms with Crippen molar-refractivity contribution >= 4 is 14.9 Å². The fraction of sp³-hybridized carbons (Fsp3) is 0.118. The van der Waals surface area contributed by atoms with Gasteiger partial charge in [0.1, 0.15) is 0 Å². The van der Waals surface area contributed by atoms with Crippen LogP contribution in [0.15, 0.2) is 64.1 Å². The van der Waals surface area contributed by atoms with Crippen LogP contribution in [0.1, 0.15) is 11.3 Å². The Balaban J connectivity index is 1.77. The minimum absolute atomic E-state index is 0.0865. The van der Waals surface area contributed by atoms with Crippen molar-refractivity contribution in [1.29, 1.82) is 0 Å². The van der Waals surface area contributed by atoms with E-state index in [9.17, 15) is 0 Å². The van der Waals surface area contributed by atoms with Gasteiger partial charge in [0.05, 0.1) is 0 Å². The van der Waals surface area contributed by atoms with Gasteiger partial charge in [0.2, 0.25) is 0 Å². The molecule has 0 aliphatic carbocycles. The zero-order valence-electron chi connectivity index (χ0n) is 11.2. The summed E-state index contributed by atoms with van der Waals surface area (Å²) < 4.78 is 12.3. The molecule has 0 aliphatic heterocycles.